The highest BCUT2D eigenvalue weighted by molar-refractivity contribution is 5.99. The summed E-state index contributed by atoms with van der Waals surface area (Å²) in [6.07, 6.45) is 3.65. The smallest absolute Gasteiger partial charge is 0.349 e. The van der Waals surface area contributed by atoms with E-state index in [1.165, 1.54) is 0 Å². The Morgan fingerprint density at radius 3 is 2.50 bits per heavy atom. The first-order chi connectivity index (χ1) is 13.3. The molecule has 1 aliphatic rings. The maximum absolute atomic E-state index is 12.4. The van der Waals surface area contributed by atoms with Gasteiger partial charge < -0.3 is 14.2 Å². The van der Waals surface area contributed by atoms with Crippen molar-refractivity contribution in [1.82, 2.24) is 9.47 Å². The van der Waals surface area contributed by atoms with Crippen LogP contribution in [0.1, 0.15) is 50.6 Å². The number of rotatable bonds is 6. The molecule has 0 N–H and O–H groups in total. The second-order valence-corrected chi connectivity index (χ2v) is 7.97. The third kappa shape index (κ3) is 5.25. The van der Waals surface area contributed by atoms with Crippen LogP contribution in [0.4, 0.5) is 0 Å². The Morgan fingerprint density at radius 2 is 1.93 bits per heavy atom. The molecule has 2 rings (SSSR count). The number of ether oxygens (including phenoxy) is 1. The predicted molar refractivity (Wildman–Crippen MR) is 108 cm³/mol. The van der Waals surface area contributed by atoms with Crippen LogP contribution in [0.5, 0.6) is 0 Å². The van der Waals surface area contributed by atoms with Crippen molar-refractivity contribution in [2.24, 2.45) is 11.8 Å². The molecule has 1 saturated heterocycles. The number of hydrogen-bond acceptors (Lipinski definition) is 4. The van der Waals surface area contributed by atoms with E-state index in [1.54, 1.807) is 11.0 Å². The third-order valence-corrected chi connectivity index (χ3v) is 5.25. The monoisotopic (exact) mass is 385 g/mol. The lowest BCUT2D eigenvalue weighted by atomic mass is 9.92. The number of carbonyl (C=O) groups is 2. The number of piperidine rings is 1. The zero-order chi connectivity index (χ0) is 20.8. The van der Waals surface area contributed by atoms with E-state index in [0.29, 0.717) is 24.9 Å². The summed E-state index contributed by atoms with van der Waals surface area (Å²) < 4.78 is 7.31. The van der Waals surface area contributed by atoms with Gasteiger partial charge in [0.2, 0.25) is 0 Å². The molecule has 1 aromatic heterocycles. The molecule has 1 fully saturated rings. The average Bonchev–Trinajstić information content (AvgIpc) is 2.90. The van der Waals surface area contributed by atoms with Gasteiger partial charge in [0.1, 0.15) is 11.6 Å². The zero-order valence-corrected chi connectivity index (χ0v) is 17.6. The summed E-state index contributed by atoms with van der Waals surface area (Å²) in [5.74, 6) is -0.0768. The van der Waals surface area contributed by atoms with E-state index in [1.807, 2.05) is 26.0 Å². The minimum Gasteiger partial charge on any atom is -0.451 e. The van der Waals surface area contributed by atoms with Gasteiger partial charge in [-0.25, -0.2) is 4.79 Å². The summed E-state index contributed by atoms with van der Waals surface area (Å²) in [6, 6.07) is 3.86. The van der Waals surface area contributed by atoms with E-state index in [0.717, 1.165) is 36.3 Å². The van der Waals surface area contributed by atoms with E-state index in [-0.39, 0.29) is 18.1 Å². The van der Waals surface area contributed by atoms with Gasteiger partial charge in [0.05, 0.1) is 0 Å². The third-order valence-electron chi connectivity index (χ3n) is 5.25. The molecule has 28 heavy (non-hydrogen) atoms. The van der Waals surface area contributed by atoms with Gasteiger partial charge in [-0.05, 0) is 56.2 Å². The number of likely N-dealkylation sites (tertiary alicyclic amines) is 1. The molecule has 1 aliphatic heterocycles. The van der Waals surface area contributed by atoms with E-state index < -0.39 is 5.97 Å². The maximum Gasteiger partial charge on any atom is 0.349 e. The maximum atomic E-state index is 12.4. The summed E-state index contributed by atoms with van der Waals surface area (Å²) >= 11 is 0. The molecule has 2 heterocycles. The highest BCUT2D eigenvalue weighted by Gasteiger charge is 2.26. The standard InChI is InChI=1S/C22H31N3O3/c1-6-7-25-17(4)9-19(18(25)5)10-20(11-23)22(27)28-14-21(26)24-12-15(2)8-16(3)13-24/h9-10,15-16H,6-8,12-14H2,1-5H3/b20-10+/t15-,16+. The first-order valence-electron chi connectivity index (χ1n) is 10.00. The van der Waals surface area contributed by atoms with Crippen molar-refractivity contribution in [2.45, 2.75) is 54.0 Å². The summed E-state index contributed by atoms with van der Waals surface area (Å²) in [5, 5.41) is 9.39. The summed E-state index contributed by atoms with van der Waals surface area (Å²) in [7, 11) is 0. The van der Waals surface area contributed by atoms with Crippen molar-refractivity contribution >= 4 is 18.0 Å². The van der Waals surface area contributed by atoms with Gasteiger partial charge in [0, 0.05) is 31.0 Å². The van der Waals surface area contributed by atoms with E-state index in [2.05, 4.69) is 25.3 Å². The first kappa shape index (κ1) is 21.7. The van der Waals surface area contributed by atoms with Gasteiger partial charge in [-0.1, -0.05) is 20.8 Å². The lowest BCUT2D eigenvalue weighted by Crippen LogP contribution is -2.44. The molecule has 0 aliphatic carbocycles. The van der Waals surface area contributed by atoms with Crippen molar-refractivity contribution in [3.63, 3.8) is 0 Å². The molecule has 6 nitrogen and oxygen atoms in total. The number of nitriles is 1. The zero-order valence-electron chi connectivity index (χ0n) is 17.6. The van der Waals surface area contributed by atoms with Crippen molar-refractivity contribution in [3.05, 3.63) is 28.6 Å². The van der Waals surface area contributed by atoms with Crippen LogP contribution in [0.2, 0.25) is 0 Å². The van der Waals surface area contributed by atoms with E-state index in [9.17, 15) is 14.9 Å². The Kier molecular flexibility index (Phi) is 7.45. The second kappa shape index (κ2) is 9.59. The topological polar surface area (TPSA) is 75.3 Å². The molecule has 2 atom stereocenters. The molecule has 1 aromatic rings. The first-order valence-corrected chi connectivity index (χ1v) is 10.00. The number of aromatic nitrogens is 1. The number of nitrogens with zero attached hydrogens (tertiary/aromatic N) is 3. The number of hydrogen-bond donors (Lipinski definition) is 0. The van der Waals surface area contributed by atoms with Crippen LogP contribution in [0.25, 0.3) is 6.08 Å². The molecule has 0 radical (unpaired) electrons. The van der Waals surface area contributed by atoms with Crippen molar-refractivity contribution in [1.29, 1.82) is 5.26 Å². The average molecular weight is 386 g/mol. The van der Waals surface area contributed by atoms with Crippen molar-refractivity contribution < 1.29 is 14.3 Å². The molecular weight excluding hydrogens is 354 g/mol. The second-order valence-electron chi connectivity index (χ2n) is 7.97. The normalized spacial score (nSPS) is 20.0. The van der Waals surface area contributed by atoms with Gasteiger partial charge in [0.25, 0.3) is 5.91 Å². The minimum atomic E-state index is -0.755. The Labute approximate surface area is 167 Å². The van der Waals surface area contributed by atoms with Gasteiger partial charge in [-0.15, -0.1) is 0 Å². The molecule has 1 amide bonds. The summed E-state index contributed by atoms with van der Waals surface area (Å²) in [4.78, 5) is 26.5. The predicted octanol–water partition coefficient (Wildman–Crippen LogP) is 3.47. The highest BCUT2D eigenvalue weighted by Crippen LogP contribution is 2.21. The summed E-state index contributed by atoms with van der Waals surface area (Å²) in [6.45, 7) is 12.2. The minimum absolute atomic E-state index is 0.0927. The molecule has 0 unspecified atom stereocenters. The quantitative estimate of drug-likeness (QED) is 0.427. The SMILES string of the molecule is CCCn1c(C)cc(/C=C(\C#N)C(=O)OCC(=O)N2C[C@H](C)C[C@H](C)C2)c1C. The molecule has 152 valence electrons. The Morgan fingerprint density at radius 1 is 1.29 bits per heavy atom. The number of carbonyl (C=O) groups excluding carboxylic acids is 2. The Balaban J connectivity index is 2.04. The molecule has 6 heteroatoms. The van der Waals surface area contributed by atoms with Gasteiger partial charge >= 0.3 is 5.97 Å². The fourth-order valence-electron chi connectivity index (χ4n) is 4.00. The van der Waals surface area contributed by atoms with Crippen LogP contribution >= 0.6 is 0 Å². The molecule has 0 aromatic carbocycles. The molecule has 0 saturated carbocycles. The van der Waals surface area contributed by atoms with Gasteiger partial charge in [-0.2, -0.15) is 5.26 Å². The van der Waals surface area contributed by atoms with Crippen LogP contribution < -0.4 is 0 Å². The Bertz CT molecular complexity index is 791. The molecular formula is C22H31N3O3. The van der Waals surface area contributed by atoms with Crippen LogP contribution in [0.15, 0.2) is 11.6 Å². The fraction of sp³-hybridized carbons (Fsp3) is 0.591. The van der Waals surface area contributed by atoms with Gasteiger partial charge in [-0.3, -0.25) is 4.79 Å². The fourth-order valence-corrected chi connectivity index (χ4v) is 4.00. The lowest BCUT2D eigenvalue weighted by molar-refractivity contribution is -0.149. The molecule has 0 bridgehead atoms. The Hall–Kier alpha value is -2.55. The largest absolute Gasteiger partial charge is 0.451 e. The van der Waals surface area contributed by atoms with E-state index in [4.69, 9.17) is 4.74 Å². The van der Waals surface area contributed by atoms with Crippen LogP contribution in [0, 0.1) is 37.0 Å². The lowest BCUT2D eigenvalue weighted by Gasteiger charge is -2.34. The van der Waals surface area contributed by atoms with Crippen LogP contribution in [-0.4, -0.2) is 41.0 Å². The summed E-state index contributed by atoms with van der Waals surface area (Å²) in [5.41, 5.74) is 2.82. The van der Waals surface area contributed by atoms with E-state index >= 15 is 0 Å². The number of aryl methyl sites for hydroxylation is 1. The number of amides is 1. The van der Waals surface area contributed by atoms with Crippen LogP contribution in [-0.2, 0) is 20.9 Å². The number of esters is 1. The highest BCUT2D eigenvalue weighted by atomic mass is 16.5. The van der Waals surface area contributed by atoms with Crippen LogP contribution in [0.3, 0.4) is 0 Å². The molecule has 0 spiro atoms. The van der Waals surface area contributed by atoms with Gasteiger partial charge in [0.15, 0.2) is 6.61 Å². The van der Waals surface area contributed by atoms with Crippen molar-refractivity contribution in [2.75, 3.05) is 19.7 Å². The van der Waals surface area contributed by atoms with Crippen molar-refractivity contribution in [3.8, 4) is 6.07 Å².